The number of hydrogen-bond donors (Lipinski definition) is 6. The number of hydrogen-bond acceptors (Lipinski definition) is 9. The lowest BCUT2D eigenvalue weighted by Gasteiger charge is -2.25. The van der Waals surface area contributed by atoms with Crippen molar-refractivity contribution in [3.8, 4) is 0 Å². The summed E-state index contributed by atoms with van der Waals surface area (Å²) in [5.74, 6) is 0. The van der Waals surface area contributed by atoms with Crippen molar-refractivity contribution >= 4 is 18.6 Å². The van der Waals surface area contributed by atoms with Crippen LogP contribution < -0.4 is 31.9 Å². The maximum absolute atomic E-state index is 3.83. The summed E-state index contributed by atoms with van der Waals surface area (Å²) in [6.45, 7) is 0. The van der Waals surface area contributed by atoms with Crippen LogP contribution in [0.3, 0.4) is 0 Å². The molecule has 0 amide bonds. The number of nitrogens with zero attached hydrogens (tertiary/aromatic N) is 3. The second kappa shape index (κ2) is 24.0. The zero-order valence-electron chi connectivity index (χ0n) is 16.8. The Morgan fingerprint density at radius 2 is 0.875 bits per heavy atom. The Balaban J connectivity index is -0.000000285. The summed E-state index contributed by atoms with van der Waals surface area (Å²) >= 11 is 0. The first-order valence-corrected chi connectivity index (χ1v) is 7.85. The Kier molecular flexibility index (Phi) is 27.6. The second-order valence-corrected chi connectivity index (χ2v) is 4.39. The summed E-state index contributed by atoms with van der Waals surface area (Å²) in [4.78, 5) is 11.1. The fraction of sp³-hybridized carbons (Fsp3) is 0.800. The molecule has 0 aromatic rings. The van der Waals surface area contributed by atoms with E-state index in [0.717, 1.165) is 0 Å². The first-order chi connectivity index (χ1) is 11.6. The third-order valence-electron chi connectivity index (χ3n) is 2.86. The fourth-order valence-electron chi connectivity index (χ4n) is 1.53. The van der Waals surface area contributed by atoms with Crippen molar-refractivity contribution in [2.75, 3.05) is 63.4 Å². The molecule has 0 bridgehead atoms. The van der Waals surface area contributed by atoms with Gasteiger partial charge in [0.05, 0.1) is 18.5 Å². The number of likely N-dealkylation sites (N-methyl/N-ethyl adjacent to an activating group) is 4. The van der Waals surface area contributed by atoms with Crippen molar-refractivity contribution in [3.63, 3.8) is 0 Å². The van der Waals surface area contributed by atoms with E-state index in [1.807, 2.05) is 42.3 Å². The minimum Gasteiger partial charge on any atom is -0.303 e. The Labute approximate surface area is 148 Å². The van der Waals surface area contributed by atoms with Gasteiger partial charge in [0, 0.05) is 39.8 Å². The topological polar surface area (TPSA) is 109 Å². The first kappa shape index (κ1) is 27.6. The highest BCUT2D eigenvalue weighted by molar-refractivity contribution is 6.15. The molecular formula is C15H39N9. The molecule has 0 aromatic carbocycles. The van der Waals surface area contributed by atoms with Crippen molar-refractivity contribution in [2.45, 2.75) is 18.5 Å². The molecule has 0 aromatic heterocycles. The summed E-state index contributed by atoms with van der Waals surface area (Å²) < 4.78 is 0. The average Bonchev–Trinajstić information content (AvgIpc) is 2.63. The molecule has 0 radical (unpaired) electrons. The maximum Gasteiger partial charge on any atom is 0.0930 e. The number of rotatable bonds is 9. The molecule has 6 N–H and O–H groups in total. The Bertz CT molecular complexity index is 273. The van der Waals surface area contributed by atoms with Gasteiger partial charge in [-0.1, -0.05) is 0 Å². The van der Waals surface area contributed by atoms with E-state index in [4.69, 9.17) is 0 Å². The Morgan fingerprint density at radius 3 is 1.00 bits per heavy atom. The van der Waals surface area contributed by atoms with E-state index in [-0.39, 0.29) is 18.5 Å². The van der Waals surface area contributed by atoms with Crippen LogP contribution in [0.5, 0.6) is 0 Å². The van der Waals surface area contributed by atoms with Crippen LogP contribution in [0.25, 0.3) is 0 Å². The van der Waals surface area contributed by atoms with Gasteiger partial charge in [-0.25, -0.2) is 0 Å². The summed E-state index contributed by atoms with van der Waals surface area (Å²) in [7, 11) is 16.6. The summed E-state index contributed by atoms with van der Waals surface area (Å²) in [6, 6.07) is 0. The van der Waals surface area contributed by atoms with Crippen LogP contribution in [-0.4, -0.2) is 101 Å². The van der Waals surface area contributed by atoms with Crippen molar-refractivity contribution in [2.24, 2.45) is 15.0 Å². The normalized spacial score (nSPS) is 11.5. The summed E-state index contributed by atoms with van der Waals surface area (Å²) in [5, 5.41) is 18.5. The van der Waals surface area contributed by atoms with Crippen LogP contribution in [0.2, 0.25) is 0 Å². The van der Waals surface area contributed by atoms with Gasteiger partial charge in [0.2, 0.25) is 0 Å². The van der Waals surface area contributed by atoms with E-state index in [0.29, 0.717) is 0 Å². The predicted molar refractivity (Wildman–Crippen MR) is 109 cm³/mol. The molecule has 0 aliphatic heterocycles. The molecule has 0 saturated carbocycles. The van der Waals surface area contributed by atoms with Crippen molar-refractivity contribution in [1.29, 1.82) is 0 Å². The van der Waals surface area contributed by atoms with Crippen LogP contribution in [-0.2, 0) is 0 Å². The van der Waals surface area contributed by atoms with Gasteiger partial charge in [-0.2, -0.15) is 0 Å². The van der Waals surface area contributed by atoms with E-state index in [9.17, 15) is 0 Å². The number of aliphatic imine (C=N–C) groups is 3. The minimum atomic E-state index is 0.208. The van der Waals surface area contributed by atoms with Crippen molar-refractivity contribution in [3.05, 3.63) is 0 Å². The largest absolute Gasteiger partial charge is 0.303 e. The van der Waals surface area contributed by atoms with Crippen molar-refractivity contribution < 1.29 is 0 Å². The van der Waals surface area contributed by atoms with Crippen LogP contribution in [0.15, 0.2) is 15.0 Å². The van der Waals surface area contributed by atoms with Gasteiger partial charge in [-0.15, -0.1) is 0 Å². The molecule has 0 rings (SSSR count). The van der Waals surface area contributed by atoms with E-state index in [1.165, 1.54) is 0 Å². The lowest BCUT2D eigenvalue weighted by atomic mass is 10.4. The third kappa shape index (κ3) is 18.8. The third-order valence-corrected chi connectivity index (χ3v) is 2.86. The minimum absolute atomic E-state index is 0.208. The molecular weight excluding hydrogens is 306 g/mol. The zero-order valence-corrected chi connectivity index (χ0v) is 16.8. The Morgan fingerprint density at radius 1 is 0.542 bits per heavy atom. The molecule has 144 valence electrons. The average molecular weight is 346 g/mol. The maximum atomic E-state index is 3.83. The molecule has 0 spiro atoms. The van der Waals surface area contributed by atoms with Gasteiger partial charge in [0.15, 0.2) is 0 Å². The second-order valence-electron chi connectivity index (χ2n) is 4.39. The van der Waals surface area contributed by atoms with Gasteiger partial charge in [0.1, 0.15) is 0 Å². The van der Waals surface area contributed by atoms with Gasteiger partial charge < -0.3 is 31.9 Å². The van der Waals surface area contributed by atoms with E-state index in [2.05, 4.69) is 46.9 Å². The van der Waals surface area contributed by atoms with Crippen LogP contribution in [0, 0.1) is 0 Å². The van der Waals surface area contributed by atoms with Crippen LogP contribution in [0.1, 0.15) is 0 Å². The highest BCUT2D eigenvalue weighted by Gasteiger charge is 2.12. The van der Waals surface area contributed by atoms with Crippen molar-refractivity contribution in [1.82, 2.24) is 31.9 Å². The van der Waals surface area contributed by atoms with Gasteiger partial charge in [-0.05, 0) is 42.3 Å². The smallest absolute Gasteiger partial charge is 0.0930 e. The van der Waals surface area contributed by atoms with E-state index < -0.39 is 0 Å². The zero-order chi connectivity index (χ0) is 19.2. The quantitative estimate of drug-likeness (QED) is 0.221. The van der Waals surface area contributed by atoms with Gasteiger partial charge in [0.25, 0.3) is 0 Å². The Hall–Kier alpha value is -1.23. The molecule has 0 saturated heterocycles. The van der Waals surface area contributed by atoms with Gasteiger partial charge in [-0.3, -0.25) is 15.0 Å². The molecule has 0 aliphatic rings. The molecule has 24 heavy (non-hydrogen) atoms. The lowest BCUT2D eigenvalue weighted by Crippen LogP contribution is -2.58. The molecule has 0 fully saturated rings. The summed E-state index contributed by atoms with van der Waals surface area (Å²) in [5.41, 5.74) is 0. The molecule has 9 heteroatoms. The fourth-order valence-corrected chi connectivity index (χ4v) is 1.53. The molecule has 9 nitrogen and oxygen atoms in total. The molecule has 0 atom stereocenters. The molecule has 0 aliphatic carbocycles. The van der Waals surface area contributed by atoms with Crippen LogP contribution in [0.4, 0.5) is 0 Å². The molecule has 0 unspecified atom stereocenters. The molecule has 0 heterocycles. The lowest BCUT2D eigenvalue weighted by molar-refractivity contribution is 0.332. The SMILES string of the molecule is CN=CC(NC)NC.CN=CC=NC.CNC(NC)C(NC)NC. The standard InChI is InChI=1S/C6H18N4.C5H13N3.C4H8N2/c1-7-5(8-2)6(9-3)10-4;1-6-4-5(7-2)8-3;1-5-3-4-6-2/h5-10H,1-4H3;4-5,7-8H,1-3H3;3-4H,1-2H3. The number of nitrogens with one attached hydrogen (secondary N) is 6. The predicted octanol–water partition coefficient (Wildman–Crippen LogP) is -1.64. The monoisotopic (exact) mass is 345 g/mol. The van der Waals surface area contributed by atoms with E-state index >= 15 is 0 Å². The highest BCUT2D eigenvalue weighted by Crippen LogP contribution is 1.80. The highest BCUT2D eigenvalue weighted by atomic mass is 15.2. The first-order valence-electron chi connectivity index (χ1n) is 7.85. The van der Waals surface area contributed by atoms with E-state index in [1.54, 1.807) is 39.8 Å². The van der Waals surface area contributed by atoms with Gasteiger partial charge >= 0.3 is 0 Å². The summed E-state index contributed by atoms with van der Waals surface area (Å²) in [6.07, 6.45) is 5.81. The van der Waals surface area contributed by atoms with Crippen LogP contribution >= 0.6 is 0 Å².